The Morgan fingerprint density at radius 2 is 2.08 bits per heavy atom. The molecule has 0 amide bonds. The molecular weight excluding hydrogens is 184 g/mol. The summed E-state index contributed by atoms with van der Waals surface area (Å²) in [5, 5.41) is 7.13. The summed E-state index contributed by atoms with van der Waals surface area (Å²) < 4.78 is 26.1. The van der Waals surface area contributed by atoms with Gasteiger partial charge in [0.05, 0.1) is 13.2 Å². The minimum absolute atomic E-state index is 0.102. The van der Waals surface area contributed by atoms with Crippen LogP contribution in [0.5, 0.6) is 0 Å². The van der Waals surface area contributed by atoms with Gasteiger partial charge in [-0.1, -0.05) is 0 Å². The molecule has 0 aromatic carbocycles. The summed E-state index contributed by atoms with van der Waals surface area (Å²) in [6.07, 6.45) is 0.880. The number of carbonyl (C=O) groups excluding carboxylic acids is 1. The monoisotopic (exact) mass is 196 g/mol. The number of esters is 1. The second-order valence-corrected chi connectivity index (χ2v) is 4.48. The molecule has 0 aliphatic heterocycles. The zero-order valence-corrected chi connectivity index (χ0v) is 7.80. The van der Waals surface area contributed by atoms with Crippen LogP contribution in [0.15, 0.2) is 0 Å². The predicted molar refractivity (Wildman–Crippen MR) is 42.4 cm³/mol. The molecule has 0 fully saturated rings. The molecule has 0 rings (SSSR count). The summed E-state index contributed by atoms with van der Waals surface area (Å²) in [6, 6.07) is 0. The lowest BCUT2D eigenvalue weighted by Crippen LogP contribution is -2.34. The molecule has 0 saturated carbocycles. The first-order valence-electron chi connectivity index (χ1n) is 3.39. The van der Waals surface area contributed by atoms with Gasteiger partial charge in [-0.3, -0.25) is 4.79 Å². The lowest BCUT2D eigenvalue weighted by Gasteiger charge is -2.09. The first-order chi connectivity index (χ1) is 5.43. The number of aliphatic hydroxyl groups is 1. The molecule has 0 aromatic rings. The molecule has 0 aliphatic rings. The van der Waals surface area contributed by atoms with Gasteiger partial charge in [0, 0.05) is 6.26 Å². The first kappa shape index (κ1) is 11.4. The van der Waals surface area contributed by atoms with E-state index in [4.69, 9.17) is 5.11 Å². The van der Waals surface area contributed by atoms with Gasteiger partial charge in [0.15, 0.2) is 15.1 Å². The van der Waals surface area contributed by atoms with E-state index in [1.807, 2.05) is 0 Å². The van der Waals surface area contributed by atoms with Gasteiger partial charge in [-0.25, -0.2) is 8.42 Å². The fraction of sp³-hybridized carbons (Fsp3) is 0.833. The molecule has 5 nitrogen and oxygen atoms in total. The minimum atomic E-state index is -3.56. The molecule has 0 aromatic heterocycles. The van der Waals surface area contributed by atoms with E-state index in [-0.39, 0.29) is 6.61 Å². The van der Waals surface area contributed by atoms with Gasteiger partial charge in [-0.2, -0.15) is 0 Å². The van der Waals surface area contributed by atoms with Crippen molar-refractivity contribution >= 4 is 15.8 Å². The van der Waals surface area contributed by atoms with Crippen molar-refractivity contribution in [2.45, 2.75) is 12.2 Å². The number of rotatable bonds is 4. The third kappa shape index (κ3) is 3.19. The van der Waals surface area contributed by atoms with Crippen molar-refractivity contribution in [1.29, 1.82) is 0 Å². The fourth-order valence-corrected chi connectivity index (χ4v) is 1.31. The first-order valence-corrected chi connectivity index (χ1v) is 5.35. The highest BCUT2D eigenvalue weighted by Gasteiger charge is 2.29. The molecule has 1 unspecified atom stereocenters. The maximum Gasteiger partial charge on any atom is 0.326 e. The summed E-state index contributed by atoms with van der Waals surface area (Å²) in [5.74, 6) is -0.900. The number of hydrogen-bond acceptors (Lipinski definition) is 5. The molecular formula is C6H12O5S. The van der Waals surface area contributed by atoms with Crippen LogP contribution in [-0.4, -0.2) is 44.2 Å². The summed E-state index contributed by atoms with van der Waals surface area (Å²) in [7, 11) is -3.56. The molecule has 0 heterocycles. The van der Waals surface area contributed by atoms with Gasteiger partial charge in [0.1, 0.15) is 0 Å². The van der Waals surface area contributed by atoms with Crippen LogP contribution in [0.4, 0.5) is 0 Å². The van der Waals surface area contributed by atoms with Gasteiger partial charge in [-0.15, -0.1) is 0 Å². The van der Waals surface area contributed by atoms with E-state index in [0.717, 1.165) is 6.26 Å². The van der Waals surface area contributed by atoms with Gasteiger partial charge >= 0.3 is 5.97 Å². The van der Waals surface area contributed by atoms with Crippen LogP contribution in [0.2, 0.25) is 0 Å². The van der Waals surface area contributed by atoms with Gasteiger partial charge in [0.2, 0.25) is 0 Å². The molecule has 72 valence electrons. The number of ether oxygens (including phenoxy) is 1. The Morgan fingerprint density at radius 3 is 2.33 bits per heavy atom. The Morgan fingerprint density at radius 1 is 1.58 bits per heavy atom. The lowest BCUT2D eigenvalue weighted by molar-refractivity contribution is -0.143. The summed E-state index contributed by atoms with van der Waals surface area (Å²) >= 11 is 0. The van der Waals surface area contributed by atoms with Crippen molar-refractivity contribution in [2.24, 2.45) is 0 Å². The van der Waals surface area contributed by atoms with Crippen LogP contribution >= 0.6 is 0 Å². The molecule has 0 saturated heterocycles. The third-order valence-corrected chi connectivity index (χ3v) is 2.61. The van der Waals surface area contributed by atoms with Crippen molar-refractivity contribution < 1.29 is 23.1 Å². The van der Waals surface area contributed by atoms with Crippen molar-refractivity contribution in [2.75, 3.05) is 19.5 Å². The Labute approximate surface area is 71.3 Å². The third-order valence-electron chi connectivity index (χ3n) is 1.23. The Bertz CT molecular complexity index is 243. The smallest absolute Gasteiger partial charge is 0.326 e. The Balaban J connectivity index is 4.47. The van der Waals surface area contributed by atoms with Crippen molar-refractivity contribution in [3.8, 4) is 0 Å². The highest BCUT2D eigenvalue weighted by atomic mass is 32.2. The quantitative estimate of drug-likeness (QED) is 0.580. The predicted octanol–water partition coefficient (Wildman–Crippen LogP) is -1.04. The van der Waals surface area contributed by atoms with Crippen molar-refractivity contribution in [3.63, 3.8) is 0 Å². The molecule has 6 heteroatoms. The number of hydrogen-bond donors (Lipinski definition) is 1. The standard InChI is InChI=1S/C6H12O5S/c1-3-11-6(8)5(4-7)12(2,9)10/h5,7H,3-4H2,1-2H3. The van der Waals surface area contributed by atoms with E-state index in [2.05, 4.69) is 4.74 Å². The second kappa shape index (κ2) is 4.42. The van der Waals surface area contributed by atoms with E-state index in [9.17, 15) is 13.2 Å². The molecule has 0 spiro atoms. The molecule has 0 bridgehead atoms. The Kier molecular flexibility index (Phi) is 4.19. The minimum Gasteiger partial charge on any atom is -0.465 e. The van der Waals surface area contributed by atoms with Crippen LogP contribution in [0.1, 0.15) is 6.92 Å². The number of aliphatic hydroxyl groups excluding tert-OH is 1. The second-order valence-electron chi connectivity index (χ2n) is 2.25. The number of carbonyl (C=O) groups is 1. The summed E-state index contributed by atoms with van der Waals surface area (Å²) in [6.45, 7) is 0.928. The Hall–Kier alpha value is -0.620. The maximum atomic E-state index is 10.9. The fourth-order valence-electron chi connectivity index (χ4n) is 0.620. The average Bonchev–Trinajstić information content (AvgIpc) is 1.85. The van der Waals surface area contributed by atoms with E-state index >= 15 is 0 Å². The normalized spacial score (nSPS) is 13.9. The zero-order chi connectivity index (χ0) is 9.78. The molecule has 0 radical (unpaired) electrons. The van der Waals surface area contributed by atoms with E-state index in [0.29, 0.717) is 0 Å². The summed E-state index contributed by atoms with van der Waals surface area (Å²) in [5.41, 5.74) is 0. The molecule has 1 atom stereocenters. The summed E-state index contributed by atoms with van der Waals surface area (Å²) in [4.78, 5) is 10.9. The van der Waals surface area contributed by atoms with E-state index < -0.39 is 27.7 Å². The lowest BCUT2D eigenvalue weighted by atomic mass is 10.4. The maximum absolute atomic E-state index is 10.9. The molecule has 1 N–H and O–H groups in total. The SMILES string of the molecule is CCOC(=O)C(CO)S(C)(=O)=O. The van der Waals surface area contributed by atoms with Gasteiger partial charge in [0.25, 0.3) is 0 Å². The molecule has 12 heavy (non-hydrogen) atoms. The van der Waals surface area contributed by atoms with Crippen molar-refractivity contribution in [1.82, 2.24) is 0 Å². The highest BCUT2D eigenvalue weighted by Crippen LogP contribution is 2.00. The van der Waals surface area contributed by atoms with Crippen LogP contribution < -0.4 is 0 Å². The van der Waals surface area contributed by atoms with Crippen LogP contribution in [0, 0.1) is 0 Å². The highest BCUT2D eigenvalue weighted by molar-refractivity contribution is 7.92. The van der Waals surface area contributed by atoms with Crippen LogP contribution in [0.3, 0.4) is 0 Å². The van der Waals surface area contributed by atoms with E-state index in [1.165, 1.54) is 0 Å². The van der Waals surface area contributed by atoms with Gasteiger partial charge in [-0.05, 0) is 6.92 Å². The van der Waals surface area contributed by atoms with Crippen LogP contribution in [0.25, 0.3) is 0 Å². The average molecular weight is 196 g/mol. The number of sulfone groups is 1. The zero-order valence-electron chi connectivity index (χ0n) is 6.98. The molecule has 0 aliphatic carbocycles. The van der Waals surface area contributed by atoms with Gasteiger partial charge < -0.3 is 9.84 Å². The van der Waals surface area contributed by atoms with Crippen LogP contribution in [-0.2, 0) is 19.4 Å². The van der Waals surface area contributed by atoms with Crippen molar-refractivity contribution in [3.05, 3.63) is 0 Å². The largest absolute Gasteiger partial charge is 0.465 e. The topological polar surface area (TPSA) is 80.7 Å². The van der Waals surface area contributed by atoms with E-state index in [1.54, 1.807) is 6.92 Å².